The first-order valence-corrected chi connectivity index (χ1v) is 3.32. The molecule has 1 aromatic rings. The predicted molar refractivity (Wildman–Crippen MR) is 40.2 cm³/mol. The van der Waals surface area contributed by atoms with E-state index in [-0.39, 0.29) is 12.6 Å². The molecule has 0 aromatic carbocycles. The quantitative estimate of drug-likeness (QED) is 0.599. The van der Waals surface area contributed by atoms with Crippen LogP contribution in [0.25, 0.3) is 0 Å². The van der Waals surface area contributed by atoms with E-state index < -0.39 is 5.95 Å². The van der Waals surface area contributed by atoms with Gasteiger partial charge in [0.15, 0.2) is 0 Å². The van der Waals surface area contributed by atoms with E-state index in [9.17, 15) is 4.39 Å². The molecule has 60 valence electrons. The van der Waals surface area contributed by atoms with Crippen molar-refractivity contribution in [3.8, 4) is 0 Å². The molecule has 0 aliphatic carbocycles. The molecule has 0 amide bonds. The molecule has 0 bridgehead atoms. The lowest BCUT2D eigenvalue weighted by atomic mass is 10.2. The fraction of sp³-hybridized carbons (Fsp3) is 0.286. The van der Waals surface area contributed by atoms with Gasteiger partial charge in [-0.25, -0.2) is 4.98 Å². The molecule has 0 unspecified atom stereocenters. The molecule has 1 heterocycles. The minimum Gasteiger partial charge on any atom is -0.329 e. The first-order chi connectivity index (χ1) is 5.24. The van der Waals surface area contributed by atoms with Crippen molar-refractivity contribution in [2.24, 2.45) is 11.5 Å². The SMILES string of the molecule is NC[C@@H](N)c1cccc(F)n1. The van der Waals surface area contributed by atoms with Crippen molar-refractivity contribution in [2.45, 2.75) is 6.04 Å². The zero-order valence-corrected chi connectivity index (χ0v) is 6.00. The number of nitrogens with zero attached hydrogens (tertiary/aromatic N) is 1. The Balaban J connectivity index is 2.86. The van der Waals surface area contributed by atoms with Crippen LogP contribution in [0.1, 0.15) is 11.7 Å². The molecule has 1 rings (SSSR count). The molecular formula is C7H10FN3. The average molecular weight is 155 g/mol. The van der Waals surface area contributed by atoms with Crippen molar-refractivity contribution in [3.63, 3.8) is 0 Å². The molecule has 0 saturated heterocycles. The summed E-state index contributed by atoms with van der Waals surface area (Å²) in [4.78, 5) is 3.57. The largest absolute Gasteiger partial charge is 0.329 e. The molecule has 1 aromatic heterocycles. The van der Waals surface area contributed by atoms with E-state index in [1.807, 2.05) is 0 Å². The van der Waals surface area contributed by atoms with Crippen LogP contribution in [0.15, 0.2) is 18.2 Å². The van der Waals surface area contributed by atoms with Crippen LogP contribution in [0, 0.1) is 5.95 Å². The summed E-state index contributed by atoms with van der Waals surface area (Å²) >= 11 is 0. The zero-order valence-electron chi connectivity index (χ0n) is 6.00. The van der Waals surface area contributed by atoms with E-state index in [0.29, 0.717) is 5.69 Å². The third-order valence-corrected chi connectivity index (χ3v) is 1.37. The van der Waals surface area contributed by atoms with Gasteiger partial charge in [-0.05, 0) is 12.1 Å². The number of pyridine rings is 1. The van der Waals surface area contributed by atoms with Gasteiger partial charge in [0.2, 0.25) is 5.95 Å². The maximum atomic E-state index is 12.5. The lowest BCUT2D eigenvalue weighted by molar-refractivity contribution is 0.565. The highest BCUT2D eigenvalue weighted by Crippen LogP contribution is 2.04. The number of halogens is 1. The second-order valence-electron chi connectivity index (χ2n) is 2.23. The Hall–Kier alpha value is -1.00. The maximum absolute atomic E-state index is 12.5. The second kappa shape index (κ2) is 3.41. The summed E-state index contributed by atoms with van der Waals surface area (Å²) in [5.74, 6) is -0.522. The third kappa shape index (κ3) is 1.96. The molecule has 0 spiro atoms. The van der Waals surface area contributed by atoms with Crippen molar-refractivity contribution in [1.29, 1.82) is 0 Å². The molecule has 11 heavy (non-hydrogen) atoms. The van der Waals surface area contributed by atoms with Crippen molar-refractivity contribution in [1.82, 2.24) is 4.98 Å². The maximum Gasteiger partial charge on any atom is 0.213 e. The van der Waals surface area contributed by atoms with E-state index >= 15 is 0 Å². The van der Waals surface area contributed by atoms with Crippen molar-refractivity contribution in [3.05, 3.63) is 29.8 Å². The fourth-order valence-electron chi connectivity index (χ4n) is 0.751. The van der Waals surface area contributed by atoms with E-state index in [1.165, 1.54) is 6.07 Å². The van der Waals surface area contributed by atoms with Crippen LogP contribution < -0.4 is 11.5 Å². The Bertz CT molecular complexity index is 239. The first-order valence-electron chi connectivity index (χ1n) is 3.32. The molecule has 1 atom stereocenters. The normalized spacial score (nSPS) is 13.0. The van der Waals surface area contributed by atoms with E-state index in [0.717, 1.165) is 0 Å². The van der Waals surface area contributed by atoms with Crippen LogP contribution in [0.5, 0.6) is 0 Å². The lowest BCUT2D eigenvalue weighted by Gasteiger charge is -2.06. The summed E-state index contributed by atoms with van der Waals surface area (Å²) in [6, 6.07) is 4.12. The monoisotopic (exact) mass is 155 g/mol. The van der Waals surface area contributed by atoms with Crippen molar-refractivity contribution >= 4 is 0 Å². The molecule has 3 nitrogen and oxygen atoms in total. The van der Waals surface area contributed by atoms with Gasteiger partial charge >= 0.3 is 0 Å². The van der Waals surface area contributed by atoms with Gasteiger partial charge in [0.05, 0.1) is 11.7 Å². The van der Waals surface area contributed by atoms with Gasteiger partial charge in [0.1, 0.15) is 0 Å². The molecule has 4 N–H and O–H groups in total. The van der Waals surface area contributed by atoms with Gasteiger partial charge in [0.25, 0.3) is 0 Å². The number of nitrogens with two attached hydrogens (primary N) is 2. The topological polar surface area (TPSA) is 64.9 Å². The third-order valence-electron chi connectivity index (χ3n) is 1.37. The Labute approximate surface area is 64.2 Å². The van der Waals surface area contributed by atoms with Gasteiger partial charge < -0.3 is 11.5 Å². The minimum absolute atomic E-state index is 0.274. The molecule has 0 aliphatic heterocycles. The highest BCUT2D eigenvalue weighted by atomic mass is 19.1. The number of hydrogen-bond acceptors (Lipinski definition) is 3. The van der Waals surface area contributed by atoms with Crippen LogP contribution >= 0.6 is 0 Å². The minimum atomic E-state index is -0.522. The standard InChI is InChI=1S/C7H10FN3/c8-7-3-1-2-6(11-7)5(10)4-9/h1-3,5H,4,9-10H2/t5-/m1/s1. The Morgan fingerprint density at radius 1 is 1.55 bits per heavy atom. The molecule has 0 aliphatic rings. The Morgan fingerprint density at radius 3 is 2.82 bits per heavy atom. The first kappa shape index (κ1) is 8.10. The van der Waals surface area contributed by atoms with Gasteiger partial charge in [-0.1, -0.05) is 6.07 Å². The highest BCUT2D eigenvalue weighted by molar-refractivity contribution is 5.08. The molecule has 0 radical (unpaired) electrons. The fourth-order valence-corrected chi connectivity index (χ4v) is 0.751. The summed E-state index contributed by atoms with van der Waals surface area (Å²) in [6.07, 6.45) is 0. The Kier molecular flexibility index (Phi) is 2.51. The summed E-state index contributed by atoms with van der Waals surface area (Å²) in [5.41, 5.74) is 11.3. The average Bonchev–Trinajstić information content (AvgIpc) is 2.03. The van der Waals surface area contributed by atoms with E-state index in [4.69, 9.17) is 11.5 Å². The Morgan fingerprint density at radius 2 is 2.27 bits per heavy atom. The zero-order chi connectivity index (χ0) is 8.27. The highest BCUT2D eigenvalue weighted by Gasteiger charge is 2.04. The van der Waals surface area contributed by atoms with E-state index in [2.05, 4.69) is 4.98 Å². The van der Waals surface area contributed by atoms with Crippen LogP contribution in [-0.4, -0.2) is 11.5 Å². The van der Waals surface area contributed by atoms with Gasteiger partial charge in [-0.2, -0.15) is 4.39 Å². The number of aromatic nitrogens is 1. The van der Waals surface area contributed by atoms with Crippen LogP contribution in [-0.2, 0) is 0 Å². The van der Waals surface area contributed by atoms with Crippen LogP contribution in [0.3, 0.4) is 0 Å². The molecule has 4 heteroatoms. The van der Waals surface area contributed by atoms with E-state index in [1.54, 1.807) is 12.1 Å². The second-order valence-corrected chi connectivity index (χ2v) is 2.23. The summed E-state index contributed by atoms with van der Waals surface area (Å²) in [5, 5.41) is 0. The van der Waals surface area contributed by atoms with Crippen LogP contribution in [0.2, 0.25) is 0 Å². The summed E-state index contributed by atoms with van der Waals surface area (Å²) in [6.45, 7) is 0.274. The summed E-state index contributed by atoms with van der Waals surface area (Å²) < 4.78 is 12.5. The predicted octanol–water partition coefficient (Wildman–Crippen LogP) is 0.179. The number of hydrogen-bond donors (Lipinski definition) is 2. The molecule has 0 saturated carbocycles. The van der Waals surface area contributed by atoms with Crippen molar-refractivity contribution < 1.29 is 4.39 Å². The van der Waals surface area contributed by atoms with Gasteiger partial charge in [-0.15, -0.1) is 0 Å². The van der Waals surface area contributed by atoms with Crippen LogP contribution in [0.4, 0.5) is 4.39 Å². The van der Waals surface area contributed by atoms with Gasteiger partial charge in [0, 0.05) is 6.54 Å². The molecular weight excluding hydrogens is 145 g/mol. The lowest BCUT2D eigenvalue weighted by Crippen LogP contribution is -2.21. The smallest absolute Gasteiger partial charge is 0.213 e. The number of rotatable bonds is 2. The van der Waals surface area contributed by atoms with Crippen molar-refractivity contribution in [2.75, 3.05) is 6.54 Å². The molecule has 0 fully saturated rings. The van der Waals surface area contributed by atoms with Gasteiger partial charge in [-0.3, -0.25) is 0 Å². The summed E-state index contributed by atoms with van der Waals surface area (Å²) in [7, 11) is 0.